The molecule has 0 aliphatic heterocycles. The molecule has 5 heteroatoms. The predicted molar refractivity (Wildman–Crippen MR) is 71.6 cm³/mol. The fourth-order valence-corrected chi connectivity index (χ4v) is 1.86. The molecular formula is C12H18Cl2N2O. The molecule has 0 saturated heterocycles. The molecule has 0 bridgehead atoms. The highest BCUT2D eigenvalue weighted by atomic mass is 35.5. The summed E-state index contributed by atoms with van der Waals surface area (Å²) in [6.07, 6.45) is 5.06. The highest BCUT2D eigenvalue weighted by Gasteiger charge is 2.38. The van der Waals surface area contributed by atoms with Gasteiger partial charge in [-0.25, -0.2) is 5.84 Å². The van der Waals surface area contributed by atoms with E-state index >= 15 is 0 Å². The zero-order valence-electron chi connectivity index (χ0n) is 10.5. The molecule has 2 N–H and O–H groups in total. The molecule has 0 radical (unpaired) electrons. The van der Waals surface area contributed by atoms with Gasteiger partial charge in [0.1, 0.15) is 4.33 Å². The van der Waals surface area contributed by atoms with E-state index in [2.05, 4.69) is 0 Å². The van der Waals surface area contributed by atoms with E-state index in [1.807, 2.05) is 27.7 Å². The van der Waals surface area contributed by atoms with Crippen LogP contribution in [0.25, 0.3) is 0 Å². The molecule has 1 atom stereocenters. The minimum absolute atomic E-state index is 0.250. The first-order chi connectivity index (χ1) is 7.57. The Kier molecular flexibility index (Phi) is 3.97. The number of nitrogens with zero attached hydrogens (tertiary/aromatic N) is 1. The molecule has 0 spiro atoms. The standard InChI is InChI=1S/C12H18Cl2N2O/c1-8-9(6-5-7-12(8,13)14)10(17)16(15)11(2,3)4/h5-8H,15H2,1-4H3. The summed E-state index contributed by atoms with van der Waals surface area (Å²) in [6, 6.07) is 0. The van der Waals surface area contributed by atoms with Gasteiger partial charge in [-0.2, -0.15) is 0 Å². The van der Waals surface area contributed by atoms with Crippen LogP contribution in [-0.2, 0) is 4.79 Å². The Morgan fingerprint density at radius 2 is 2.00 bits per heavy atom. The summed E-state index contributed by atoms with van der Waals surface area (Å²) in [4.78, 5) is 12.2. The molecule has 0 aromatic heterocycles. The Bertz CT molecular complexity index is 380. The van der Waals surface area contributed by atoms with E-state index in [0.29, 0.717) is 5.57 Å². The lowest BCUT2D eigenvalue weighted by atomic mass is 9.90. The van der Waals surface area contributed by atoms with Gasteiger partial charge in [0.25, 0.3) is 5.91 Å². The summed E-state index contributed by atoms with van der Waals surface area (Å²) in [6.45, 7) is 7.40. The maximum atomic E-state index is 12.2. The number of rotatable bonds is 1. The molecule has 0 aromatic rings. The van der Waals surface area contributed by atoms with Crippen molar-refractivity contribution in [2.75, 3.05) is 0 Å². The highest BCUT2D eigenvalue weighted by Crippen LogP contribution is 2.39. The van der Waals surface area contributed by atoms with Gasteiger partial charge in [-0.3, -0.25) is 9.80 Å². The molecule has 0 fully saturated rings. The maximum absolute atomic E-state index is 12.2. The first-order valence-corrected chi connectivity index (χ1v) is 6.19. The van der Waals surface area contributed by atoms with Gasteiger partial charge in [0, 0.05) is 11.5 Å². The van der Waals surface area contributed by atoms with Gasteiger partial charge in [0.15, 0.2) is 0 Å². The zero-order chi connectivity index (χ0) is 13.4. The Morgan fingerprint density at radius 1 is 1.47 bits per heavy atom. The summed E-state index contributed by atoms with van der Waals surface area (Å²) in [5, 5.41) is 1.21. The summed E-state index contributed by atoms with van der Waals surface area (Å²) in [5.41, 5.74) is 0.0787. The van der Waals surface area contributed by atoms with Crippen LogP contribution in [-0.4, -0.2) is 20.8 Å². The first-order valence-electron chi connectivity index (χ1n) is 5.44. The molecular weight excluding hydrogens is 259 g/mol. The summed E-state index contributed by atoms with van der Waals surface area (Å²) >= 11 is 12.2. The largest absolute Gasteiger partial charge is 0.272 e. The Morgan fingerprint density at radius 3 is 2.47 bits per heavy atom. The lowest BCUT2D eigenvalue weighted by molar-refractivity contribution is -0.132. The monoisotopic (exact) mass is 276 g/mol. The van der Waals surface area contributed by atoms with Gasteiger partial charge in [0.2, 0.25) is 0 Å². The van der Waals surface area contributed by atoms with Gasteiger partial charge in [-0.05, 0) is 26.8 Å². The van der Waals surface area contributed by atoms with Crippen molar-refractivity contribution in [3.05, 3.63) is 23.8 Å². The Balaban J connectivity index is 2.99. The molecule has 0 saturated carbocycles. The van der Waals surface area contributed by atoms with Crippen molar-refractivity contribution in [3.8, 4) is 0 Å². The van der Waals surface area contributed by atoms with Crippen molar-refractivity contribution in [3.63, 3.8) is 0 Å². The number of alkyl halides is 2. The molecule has 1 amide bonds. The zero-order valence-corrected chi connectivity index (χ0v) is 12.0. The minimum atomic E-state index is -1.06. The Labute approximate surface area is 112 Å². The van der Waals surface area contributed by atoms with Crippen molar-refractivity contribution in [1.82, 2.24) is 5.01 Å². The number of hydrogen-bond donors (Lipinski definition) is 1. The van der Waals surface area contributed by atoms with Crippen LogP contribution in [0.15, 0.2) is 23.8 Å². The average Bonchev–Trinajstić information content (AvgIpc) is 2.18. The number of carbonyl (C=O) groups excluding carboxylic acids is 1. The van der Waals surface area contributed by atoms with E-state index in [1.165, 1.54) is 5.01 Å². The number of amides is 1. The van der Waals surface area contributed by atoms with Crippen molar-refractivity contribution in [2.45, 2.75) is 37.6 Å². The van der Waals surface area contributed by atoms with Crippen molar-refractivity contribution >= 4 is 29.1 Å². The van der Waals surface area contributed by atoms with Crippen LogP contribution in [0, 0.1) is 5.92 Å². The van der Waals surface area contributed by atoms with Crippen LogP contribution in [0.2, 0.25) is 0 Å². The Hall–Kier alpha value is -0.510. The molecule has 17 heavy (non-hydrogen) atoms. The number of carbonyl (C=O) groups is 1. The SMILES string of the molecule is CC1C(C(=O)N(N)C(C)(C)C)=CC=CC1(Cl)Cl. The molecule has 0 heterocycles. The van der Waals surface area contributed by atoms with Crippen molar-refractivity contribution in [1.29, 1.82) is 0 Å². The number of hydrogen-bond acceptors (Lipinski definition) is 2. The molecule has 1 unspecified atom stereocenters. The van der Waals surface area contributed by atoms with Crippen LogP contribution in [0.1, 0.15) is 27.7 Å². The van der Waals surface area contributed by atoms with E-state index in [4.69, 9.17) is 29.0 Å². The number of hydrazine groups is 1. The normalized spacial score (nSPS) is 23.2. The van der Waals surface area contributed by atoms with E-state index in [1.54, 1.807) is 18.2 Å². The van der Waals surface area contributed by atoms with Crippen LogP contribution < -0.4 is 5.84 Å². The van der Waals surface area contributed by atoms with Gasteiger partial charge in [-0.1, -0.05) is 42.3 Å². The molecule has 1 rings (SSSR count). The maximum Gasteiger partial charge on any atom is 0.264 e. The molecule has 1 aliphatic rings. The second-order valence-corrected chi connectivity index (χ2v) is 6.67. The number of nitrogens with two attached hydrogens (primary N) is 1. The van der Waals surface area contributed by atoms with Crippen LogP contribution in [0.3, 0.4) is 0 Å². The third-order valence-corrected chi connectivity index (χ3v) is 3.73. The average molecular weight is 277 g/mol. The topological polar surface area (TPSA) is 46.3 Å². The van der Waals surface area contributed by atoms with E-state index in [9.17, 15) is 4.79 Å². The van der Waals surface area contributed by atoms with Crippen molar-refractivity contribution in [2.24, 2.45) is 11.8 Å². The van der Waals surface area contributed by atoms with Crippen LogP contribution in [0.4, 0.5) is 0 Å². The van der Waals surface area contributed by atoms with Gasteiger partial charge >= 0.3 is 0 Å². The third kappa shape index (κ3) is 3.03. The minimum Gasteiger partial charge on any atom is -0.272 e. The lowest BCUT2D eigenvalue weighted by Gasteiger charge is -2.35. The summed E-state index contributed by atoms with van der Waals surface area (Å²) in [5.74, 6) is 5.26. The second kappa shape index (κ2) is 4.63. The lowest BCUT2D eigenvalue weighted by Crippen LogP contribution is -2.52. The van der Waals surface area contributed by atoms with Gasteiger partial charge in [0.05, 0.1) is 5.54 Å². The fraction of sp³-hybridized carbons (Fsp3) is 0.583. The van der Waals surface area contributed by atoms with Crippen LogP contribution >= 0.6 is 23.2 Å². The van der Waals surface area contributed by atoms with Gasteiger partial charge < -0.3 is 0 Å². The van der Waals surface area contributed by atoms with Crippen molar-refractivity contribution < 1.29 is 4.79 Å². The van der Waals surface area contributed by atoms with E-state index in [0.717, 1.165) is 0 Å². The molecule has 96 valence electrons. The fourth-order valence-electron chi connectivity index (χ4n) is 1.48. The number of allylic oxidation sites excluding steroid dienone is 3. The van der Waals surface area contributed by atoms with E-state index in [-0.39, 0.29) is 11.8 Å². The molecule has 1 aliphatic carbocycles. The van der Waals surface area contributed by atoms with Crippen LogP contribution in [0.5, 0.6) is 0 Å². The predicted octanol–water partition coefficient (Wildman–Crippen LogP) is 2.79. The smallest absolute Gasteiger partial charge is 0.264 e. The van der Waals surface area contributed by atoms with Gasteiger partial charge in [-0.15, -0.1) is 0 Å². The quantitative estimate of drug-likeness (QED) is 0.347. The highest BCUT2D eigenvalue weighted by molar-refractivity contribution is 6.50. The molecule has 0 aromatic carbocycles. The molecule has 3 nitrogen and oxygen atoms in total. The second-order valence-electron chi connectivity index (χ2n) is 5.22. The summed E-state index contributed by atoms with van der Waals surface area (Å²) in [7, 11) is 0. The third-order valence-electron chi connectivity index (χ3n) is 2.83. The summed E-state index contributed by atoms with van der Waals surface area (Å²) < 4.78 is -1.06. The van der Waals surface area contributed by atoms with E-state index < -0.39 is 9.87 Å². The first kappa shape index (κ1) is 14.6. The number of halogens is 2.